The molecule has 98 valence electrons. The minimum absolute atomic E-state index is 0.112. The van der Waals surface area contributed by atoms with E-state index in [4.69, 9.17) is 5.73 Å². The minimum atomic E-state index is -0.112. The predicted octanol–water partition coefficient (Wildman–Crippen LogP) is 2.62. The fourth-order valence-electron chi connectivity index (χ4n) is 3.26. The fraction of sp³-hybridized carbons (Fsp3) is 0.600. The molecule has 1 aromatic carbocycles. The number of rotatable bonds is 3. The molecular formula is C15H21FN2. The number of halogens is 1. The van der Waals surface area contributed by atoms with E-state index in [1.165, 1.54) is 24.8 Å². The molecule has 0 spiro atoms. The third kappa shape index (κ3) is 2.06. The van der Waals surface area contributed by atoms with Crippen molar-refractivity contribution < 1.29 is 4.39 Å². The highest BCUT2D eigenvalue weighted by Gasteiger charge is 2.42. The minimum Gasteiger partial charge on any atom is -0.330 e. The number of benzene rings is 1. The quantitative estimate of drug-likeness (QED) is 0.891. The average Bonchev–Trinajstić information content (AvgIpc) is 3.12. The molecule has 2 N–H and O–H groups in total. The molecule has 0 bridgehead atoms. The van der Waals surface area contributed by atoms with Crippen LogP contribution in [0, 0.1) is 18.7 Å². The number of nitrogens with two attached hydrogens (primary N) is 1. The van der Waals surface area contributed by atoms with Gasteiger partial charge in [0, 0.05) is 12.1 Å². The lowest BCUT2D eigenvalue weighted by Crippen LogP contribution is -2.30. The molecule has 1 heterocycles. The topological polar surface area (TPSA) is 29.3 Å². The van der Waals surface area contributed by atoms with Crippen molar-refractivity contribution in [2.75, 3.05) is 13.1 Å². The molecule has 3 rings (SSSR count). The van der Waals surface area contributed by atoms with Crippen molar-refractivity contribution in [2.45, 2.75) is 38.3 Å². The number of aryl methyl sites for hydroxylation is 1. The first-order valence-corrected chi connectivity index (χ1v) is 6.92. The SMILES string of the molecule is Cc1cc(C2C(CN)CCN2C2CC2)ccc1F. The van der Waals surface area contributed by atoms with Crippen LogP contribution in [-0.2, 0) is 0 Å². The molecule has 1 saturated heterocycles. The van der Waals surface area contributed by atoms with Crippen LogP contribution in [0.2, 0.25) is 0 Å². The van der Waals surface area contributed by atoms with Crippen LogP contribution in [0.3, 0.4) is 0 Å². The van der Waals surface area contributed by atoms with Gasteiger partial charge in [-0.1, -0.05) is 12.1 Å². The second kappa shape index (κ2) is 4.63. The van der Waals surface area contributed by atoms with Crippen LogP contribution in [0.1, 0.15) is 36.4 Å². The van der Waals surface area contributed by atoms with Gasteiger partial charge in [0.15, 0.2) is 0 Å². The van der Waals surface area contributed by atoms with Gasteiger partial charge in [-0.15, -0.1) is 0 Å². The second-order valence-corrected chi connectivity index (χ2v) is 5.71. The van der Waals surface area contributed by atoms with Crippen LogP contribution >= 0.6 is 0 Å². The second-order valence-electron chi connectivity index (χ2n) is 5.71. The van der Waals surface area contributed by atoms with Gasteiger partial charge in [0.2, 0.25) is 0 Å². The van der Waals surface area contributed by atoms with Gasteiger partial charge < -0.3 is 5.73 Å². The third-order valence-electron chi connectivity index (χ3n) is 4.40. The Balaban J connectivity index is 1.92. The van der Waals surface area contributed by atoms with Crippen molar-refractivity contribution in [3.05, 3.63) is 35.1 Å². The van der Waals surface area contributed by atoms with E-state index in [1.54, 1.807) is 6.07 Å². The van der Waals surface area contributed by atoms with Gasteiger partial charge in [0.05, 0.1) is 0 Å². The summed E-state index contributed by atoms with van der Waals surface area (Å²) >= 11 is 0. The molecule has 1 saturated carbocycles. The average molecular weight is 248 g/mol. The summed E-state index contributed by atoms with van der Waals surface area (Å²) in [6.07, 6.45) is 3.80. The predicted molar refractivity (Wildman–Crippen MR) is 70.8 cm³/mol. The highest BCUT2D eigenvalue weighted by molar-refractivity contribution is 5.28. The smallest absolute Gasteiger partial charge is 0.126 e. The van der Waals surface area contributed by atoms with Crippen LogP contribution in [-0.4, -0.2) is 24.0 Å². The summed E-state index contributed by atoms with van der Waals surface area (Å²) in [5.41, 5.74) is 7.90. The molecule has 2 atom stereocenters. The molecule has 1 aliphatic heterocycles. The molecule has 0 amide bonds. The first-order valence-electron chi connectivity index (χ1n) is 6.92. The monoisotopic (exact) mass is 248 g/mol. The number of hydrogen-bond acceptors (Lipinski definition) is 2. The summed E-state index contributed by atoms with van der Waals surface area (Å²) in [5.74, 6) is 0.412. The molecule has 2 fully saturated rings. The number of nitrogens with zero attached hydrogens (tertiary/aromatic N) is 1. The maximum Gasteiger partial charge on any atom is 0.126 e. The summed E-state index contributed by atoms with van der Waals surface area (Å²) in [6.45, 7) is 3.71. The Morgan fingerprint density at radius 1 is 1.33 bits per heavy atom. The first-order chi connectivity index (χ1) is 8.70. The van der Waals surface area contributed by atoms with Crippen LogP contribution < -0.4 is 5.73 Å². The van der Waals surface area contributed by atoms with Crippen LogP contribution in [0.5, 0.6) is 0 Å². The van der Waals surface area contributed by atoms with E-state index in [0.29, 0.717) is 12.0 Å². The van der Waals surface area contributed by atoms with Gasteiger partial charge in [0.1, 0.15) is 5.82 Å². The normalized spacial score (nSPS) is 28.8. The molecular weight excluding hydrogens is 227 g/mol. The molecule has 1 aliphatic carbocycles. The Labute approximate surface area is 108 Å². The lowest BCUT2D eigenvalue weighted by atomic mass is 9.92. The zero-order valence-corrected chi connectivity index (χ0v) is 10.9. The molecule has 2 aliphatic rings. The lowest BCUT2D eigenvalue weighted by molar-refractivity contribution is 0.220. The molecule has 3 heteroatoms. The van der Waals surface area contributed by atoms with Crippen molar-refractivity contribution >= 4 is 0 Å². The lowest BCUT2D eigenvalue weighted by Gasteiger charge is -2.28. The van der Waals surface area contributed by atoms with Crippen molar-refractivity contribution in [3.63, 3.8) is 0 Å². The van der Waals surface area contributed by atoms with Crippen molar-refractivity contribution in [1.29, 1.82) is 0 Å². The summed E-state index contributed by atoms with van der Waals surface area (Å²) in [5, 5.41) is 0. The zero-order chi connectivity index (χ0) is 12.7. The summed E-state index contributed by atoms with van der Waals surface area (Å²) in [4.78, 5) is 2.59. The van der Waals surface area contributed by atoms with Crippen LogP contribution in [0.25, 0.3) is 0 Å². The van der Waals surface area contributed by atoms with Crippen LogP contribution in [0.15, 0.2) is 18.2 Å². The van der Waals surface area contributed by atoms with Crippen molar-refractivity contribution in [1.82, 2.24) is 4.90 Å². The van der Waals surface area contributed by atoms with E-state index in [1.807, 2.05) is 19.1 Å². The highest BCUT2D eigenvalue weighted by atomic mass is 19.1. The fourth-order valence-corrected chi connectivity index (χ4v) is 3.26. The first kappa shape index (κ1) is 12.1. The largest absolute Gasteiger partial charge is 0.330 e. The van der Waals surface area contributed by atoms with E-state index < -0.39 is 0 Å². The Hall–Kier alpha value is -0.930. The Morgan fingerprint density at radius 3 is 2.72 bits per heavy atom. The van der Waals surface area contributed by atoms with Crippen molar-refractivity contribution in [2.24, 2.45) is 11.7 Å². The van der Waals surface area contributed by atoms with Gasteiger partial charge in [0.25, 0.3) is 0 Å². The summed E-state index contributed by atoms with van der Waals surface area (Å²) in [6, 6.07) is 6.69. The maximum absolute atomic E-state index is 13.4. The van der Waals surface area contributed by atoms with E-state index in [0.717, 1.165) is 24.7 Å². The van der Waals surface area contributed by atoms with Gasteiger partial charge >= 0.3 is 0 Å². The van der Waals surface area contributed by atoms with E-state index in [9.17, 15) is 4.39 Å². The molecule has 0 aromatic heterocycles. The summed E-state index contributed by atoms with van der Waals surface area (Å²) in [7, 11) is 0. The molecule has 18 heavy (non-hydrogen) atoms. The molecule has 1 aromatic rings. The Morgan fingerprint density at radius 2 is 2.11 bits per heavy atom. The standard InChI is InChI=1S/C15H21FN2/c1-10-8-11(2-5-14(10)16)15-12(9-17)6-7-18(15)13-3-4-13/h2,5,8,12-13,15H,3-4,6-7,9,17H2,1H3. The van der Waals surface area contributed by atoms with E-state index in [-0.39, 0.29) is 5.82 Å². The maximum atomic E-state index is 13.4. The van der Waals surface area contributed by atoms with Crippen LogP contribution in [0.4, 0.5) is 4.39 Å². The number of likely N-dealkylation sites (tertiary alicyclic amines) is 1. The highest BCUT2D eigenvalue weighted by Crippen LogP contribution is 2.43. The van der Waals surface area contributed by atoms with Gasteiger partial charge in [-0.05, 0) is 62.4 Å². The third-order valence-corrected chi connectivity index (χ3v) is 4.40. The Kier molecular flexibility index (Phi) is 3.12. The Bertz CT molecular complexity index is 442. The molecule has 0 radical (unpaired) electrons. The number of hydrogen-bond donors (Lipinski definition) is 1. The zero-order valence-electron chi connectivity index (χ0n) is 10.9. The van der Waals surface area contributed by atoms with Gasteiger partial charge in [-0.3, -0.25) is 4.90 Å². The molecule has 2 nitrogen and oxygen atoms in total. The van der Waals surface area contributed by atoms with Gasteiger partial charge in [-0.2, -0.15) is 0 Å². The van der Waals surface area contributed by atoms with E-state index >= 15 is 0 Å². The summed E-state index contributed by atoms with van der Waals surface area (Å²) < 4.78 is 13.4. The van der Waals surface area contributed by atoms with E-state index in [2.05, 4.69) is 4.90 Å². The van der Waals surface area contributed by atoms with Gasteiger partial charge in [-0.25, -0.2) is 4.39 Å². The molecule has 2 unspecified atom stereocenters. The van der Waals surface area contributed by atoms with Crippen molar-refractivity contribution in [3.8, 4) is 0 Å².